The molecule has 2 aromatic rings. The fraction of sp³-hybridized carbons (Fsp3) is 0.316. The second-order valence-electron chi connectivity index (χ2n) is 6.50. The molecule has 1 amide bonds. The topological polar surface area (TPSA) is 66.5 Å². The molecule has 0 spiro atoms. The minimum absolute atomic E-state index is 0.127. The van der Waals surface area contributed by atoms with E-state index in [1.807, 2.05) is 36.4 Å². The first-order valence-electron chi connectivity index (χ1n) is 8.45. The predicted molar refractivity (Wildman–Crippen MR) is 107 cm³/mol. The Kier molecular flexibility index (Phi) is 5.98. The zero-order valence-electron chi connectivity index (χ0n) is 14.3. The van der Waals surface area contributed by atoms with E-state index in [0.717, 1.165) is 16.6 Å². The number of anilines is 1. The molecule has 7 heteroatoms. The molecule has 1 N–H and O–H groups in total. The van der Waals surface area contributed by atoms with Crippen molar-refractivity contribution in [2.75, 3.05) is 24.2 Å². The molecular weight excluding hydrogens is 416 g/mol. The number of amides is 1. The van der Waals surface area contributed by atoms with E-state index in [1.54, 1.807) is 23.1 Å². The van der Waals surface area contributed by atoms with E-state index in [2.05, 4.69) is 21.2 Å². The van der Waals surface area contributed by atoms with Crippen molar-refractivity contribution in [2.45, 2.75) is 18.2 Å². The zero-order valence-corrected chi connectivity index (χ0v) is 16.7. The Hall–Kier alpha value is -1.86. The fourth-order valence-corrected chi connectivity index (χ4v) is 4.88. The summed E-state index contributed by atoms with van der Waals surface area (Å²) in [4.78, 5) is 14.1. The molecule has 5 nitrogen and oxygen atoms in total. The molecular formula is C19H21BrN2O3S. The highest BCUT2D eigenvalue weighted by Crippen LogP contribution is 2.18. The van der Waals surface area contributed by atoms with Crippen LogP contribution in [-0.4, -0.2) is 44.1 Å². The van der Waals surface area contributed by atoms with Gasteiger partial charge in [-0.15, -0.1) is 0 Å². The van der Waals surface area contributed by atoms with E-state index in [4.69, 9.17) is 0 Å². The SMILES string of the molecule is O=C(CS(=O)(=O)Cc1cccc(Br)c1)N1CCC(Nc2ccccc2)C1. The summed E-state index contributed by atoms with van der Waals surface area (Å²) in [7, 11) is -3.50. The van der Waals surface area contributed by atoms with Gasteiger partial charge in [0.15, 0.2) is 9.84 Å². The van der Waals surface area contributed by atoms with Gasteiger partial charge in [0.2, 0.25) is 5.91 Å². The summed E-state index contributed by atoms with van der Waals surface area (Å²) in [6.07, 6.45) is 0.812. The van der Waals surface area contributed by atoms with Gasteiger partial charge in [-0.2, -0.15) is 0 Å². The molecule has 0 saturated carbocycles. The Labute approximate surface area is 162 Å². The van der Waals surface area contributed by atoms with Gasteiger partial charge in [0, 0.05) is 29.3 Å². The lowest BCUT2D eigenvalue weighted by Gasteiger charge is -2.18. The molecule has 1 aliphatic heterocycles. The normalized spacial score (nSPS) is 17.3. The van der Waals surface area contributed by atoms with Gasteiger partial charge >= 0.3 is 0 Å². The van der Waals surface area contributed by atoms with Gasteiger partial charge in [-0.25, -0.2) is 8.42 Å². The Morgan fingerprint density at radius 1 is 1.15 bits per heavy atom. The first kappa shape index (κ1) is 18.9. The molecule has 1 heterocycles. The van der Waals surface area contributed by atoms with Crippen LogP contribution in [0.15, 0.2) is 59.1 Å². The minimum Gasteiger partial charge on any atom is -0.380 e. The molecule has 1 aliphatic rings. The summed E-state index contributed by atoms with van der Waals surface area (Å²) < 4.78 is 25.6. The highest BCUT2D eigenvalue weighted by molar-refractivity contribution is 9.10. The van der Waals surface area contributed by atoms with Gasteiger partial charge in [-0.05, 0) is 36.2 Å². The van der Waals surface area contributed by atoms with Crippen LogP contribution in [0, 0.1) is 0 Å². The number of likely N-dealkylation sites (tertiary alicyclic amines) is 1. The van der Waals surface area contributed by atoms with Crippen LogP contribution in [0.4, 0.5) is 5.69 Å². The van der Waals surface area contributed by atoms with E-state index in [9.17, 15) is 13.2 Å². The molecule has 0 aliphatic carbocycles. The average molecular weight is 437 g/mol. The summed E-state index contributed by atoms with van der Waals surface area (Å²) in [5.74, 6) is -0.896. The fourth-order valence-electron chi connectivity index (χ4n) is 3.09. The van der Waals surface area contributed by atoms with E-state index < -0.39 is 15.6 Å². The highest BCUT2D eigenvalue weighted by Gasteiger charge is 2.29. The molecule has 0 aromatic heterocycles. The van der Waals surface area contributed by atoms with Crippen LogP contribution in [0.3, 0.4) is 0 Å². The molecule has 1 fully saturated rings. The van der Waals surface area contributed by atoms with Crippen molar-refractivity contribution >= 4 is 37.4 Å². The van der Waals surface area contributed by atoms with E-state index in [1.165, 1.54) is 0 Å². The minimum atomic E-state index is -3.50. The highest BCUT2D eigenvalue weighted by atomic mass is 79.9. The van der Waals surface area contributed by atoms with E-state index in [-0.39, 0.29) is 17.7 Å². The average Bonchev–Trinajstić information content (AvgIpc) is 3.03. The molecule has 26 heavy (non-hydrogen) atoms. The Balaban J connectivity index is 1.54. The molecule has 3 rings (SSSR count). The third-order valence-electron chi connectivity index (χ3n) is 4.30. The van der Waals surface area contributed by atoms with Crippen LogP contribution >= 0.6 is 15.9 Å². The molecule has 1 unspecified atom stereocenters. The summed E-state index contributed by atoms with van der Waals surface area (Å²) in [6, 6.07) is 17.1. The van der Waals surface area contributed by atoms with Crippen LogP contribution in [-0.2, 0) is 20.4 Å². The van der Waals surface area contributed by atoms with Gasteiger partial charge in [-0.3, -0.25) is 4.79 Å². The number of benzene rings is 2. The lowest BCUT2D eigenvalue weighted by molar-refractivity contribution is -0.127. The lowest BCUT2D eigenvalue weighted by atomic mass is 10.2. The lowest BCUT2D eigenvalue weighted by Crippen LogP contribution is -2.36. The maximum absolute atomic E-state index is 12.4. The summed E-state index contributed by atoms with van der Waals surface area (Å²) in [6.45, 7) is 1.11. The van der Waals surface area contributed by atoms with E-state index >= 15 is 0 Å². The molecule has 2 aromatic carbocycles. The summed E-state index contributed by atoms with van der Waals surface area (Å²) in [5, 5.41) is 3.39. The maximum atomic E-state index is 12.4. The number of hydrogen-bond donors (Lipinski definition) is 1. The molecule has 138 valence electrons. The standard InChI is InChI=1S/C19H21BrN2O3S/c20-16-6-4-5-15(11-16)13-26(24,25)14-19(23)22-10-9-18(12-22)21-17-7-2-1-3-8-17/h1-8,11,18,21H,9-10,12-14H2. The molecule has 1 saturated heterocycles. The first-order chi connectivity index (χ1) is 12.4. The van der Waals surface area contributed by atoms with Crippen molar-refractivity contribution in [1.29, 1.82) is 0 Å². The number of carbonyl (C=O) groups is 1. The van der Waals surface area contributed by atoms with Crippen molar-refractivity contribution < 1.29 is 13.2 Å². The molecule has 0 radical (unpaired) electrons. The van der Waals surface area contributed by atoms with Crippen LogP contribution in [0.25, 0.3) is 0 Å². The van der Waals surface area contributed by atoms with Crippen LogP contribution in [0.2, 0.25) is 0 Å². The van der Waals surface area contributed by atoms with E-state index in [0.29, 0.717) is 18.7 Å². The monoisotopic (exact) mass is 436 g/mol. The van der Waals surface area contributed by atoms with Gasteiger partial charge < -0.3 is 10.2 Å². The number of nitrogens with one attached hydrogen (secondary N) is 1. The van der Waals surface area contributed by atoms with Gasteiger partial charge in [-0.1, -0.05) is 46.3 Å². The largest absolute Gasteiger partial charge is 0.380 e. The number of rotatable bonds is 6. The number of hydrogen-bond acceptors (Lipinski definition) is 4. The van der Waals surface area contributed by atoms with Gasteiger partial charge in [0.25, 0.3) is 0 Å². The van der Waals surface area contributed by atoms with Crippen molar-refractivity contribution in [2.24, 2.45) is 0 Å². The van der Waals surface area contributed by atoms with Crippen LogP contribution in [0.5, 0.6) is 0 Å². The van der Waals surface area contributed by atoms with Crippen molar-refractivity contribution in [3.05, 3.63) is 64.6 Å². The summed E-state index contributed by atoms with van der Waals surface area (Å²) >= 11 is 3.33. The quantitative estimate of drug-likeness (QED) is 0.755. The van der Waals surface area contributed by atoms with Crippen molar-refractivity contribution in [3.63, 3.8) is 0 Å². The first-order valence-corrected chi connectivity index (χ1v) is 11.1. The smallest absolute Gasteiger partial charge is 0.237 e. The number of carbonyl (C=O) groups excluding carboxylic acids is 1. The Bertz CT molecular complexity index is 871. The third kappa shape index (κ3) is 5.32. The molecule has 0 bridgehead atoms. The summed E-state index contributed by atoms with van der Waals surface area (Å²) in [5.41, 5.74) is 1.69. The second kappa shape index (κ2) is 8.22. The van der Waals surface area contributed by atoms with Crippen molar-refractivity contribution in [3.8, 4) is 0 Å². The Morgan fingerprint density at radius 3 is 2.65 bits per heavy atom. The zero-order chi connectivity index (χ0) is 18.6. The number of para-hydroxylation sites is 1. The van der Waals surface area contributed by atoms with Crippen LogP contribution in [0.1, 0.15) is 12.0 Å². The van der Waals surface area contributed by atoms with Crippen molar-refractivity contribution in [1.82, 2.24) is 4.90 Å². The number of sulfone groups is 1. The Morgan fingerprint density at radius 2 is 1.92 bits per heavy atom. The van der Waals surface area contributed by atoms with Gasteiger partial charge in [0.05, 0.1) is 5.75 Å². The van der Waals surface area contributed by atoms with Gasteiger partial charge in [0.1, 0.15) is 5.75 Å². The maximum Gasteiger partial charge on any atom is 0.237 e. The number of halogens is 1. The van der Waals surface area contributed by atoms with Crippen LogP contribution < -0.4 is 5.32 Å². The molecule has 1 atom stereocenters. The predicted octanol–water partition coefficient (Wildman–Crippen LogP) is 3.08. The number of nitrogens with zero attached hydrogens (tertiary/aromatic N) is 1. The second-order valence-corrected chi connectivity index (χ2v) is 9.48. The third-order valence-corrected chi connectivity index (χ3v) is 6.26.